The fourth-order valence-electron chi connectivity index (χ4n) is 7.43. The second kappa shape index (κ2) is 8.05. The minimum Gasteiger partial charge on any atom is -0.319 e. The van der Waals surface area contributed by atoms with Crippen LogP contribution < -0.4 is 0 Å². The maximum atomic E-state index is 5.22. The summed E-state index contributed by atoms with van der Waals surface area (Å²) >= 11 is 0. The molecule has 0 N–H and O–H groups in total. The van der Waals surface area contributed by atoms with Crippen LogP contribution in [0.15, 0.2) is 133 Å². The summed E-state index contributed by atoms with van der Waals surface area (Å²) in [7, 11) is 0. The summed E-state index contributed by atoms with van der Waals surface area (Å²) in [5.74, 6) is 1.01. The quantitative estimate of drug-likeness (QED) is 0.207. The van der Waals surface area contributed by atoms with Crippen LogP contribution in [0.5, 0.6) is 0 Å². The van der Waals surface area contributed by atoms with Gasteiger partial charge in [0.15, 0.2) is 0 Å². The number of benzene rings is 9. The maximum absolute atomic E-state index is 5.22. The predicted molar refractivity (Wildman–Crippen MR) is 178 cm³/mol. The highest BCUT2D eigenvalue weighted by atomic mass is 15.1. The van der Waals surface area contributed by atoms with Gasteiger partial charge in [-0.2, -0.15) is 0 Å². The van der Waals surface area contributed by atoms with Gasteiger partial charge >= 0.3 is 0 Å². The number of para-hydroxylation sites is 2. The van der Waals surface area contributed by atoms with Gasteiger partial charge in [-0.3, -0.25) is 0 Å². The molecule has 0 bridgehead atoms. The molecule has 10 aromatic rings. The van der Waals surface area contributed by atoms with Gasteiger partial charge in [0.1, 0.15) is 5.82 Å². The summed E-state index contributed by atoms with van der Waals surface area (Å²) in [6.45, 7) is 0.747. The molecule has 0 atom stereocenters. The smallest absolute Gasteiger partial charge is 0.141 e. The Morgan fingerprint density at radius 2 is 0.881 bits per heavy atom. The average Bonchev–Trinajstić information content (AvgIpc) is 3.40. The SMILES string of the molecule is c1cc2ccc3cc(Cn4c(-c5cc6ccc7cccc8ccc(c5)c6c78)nc5ccccc54)cc4ccc(c1)c2c34. The van der Waals surface area contributed by atoms with Crippen molar-refractivity contribution in [1.82, 2.24) is 9.55 Å². The topological polar surface area (TPSA) is 17.8 Å². The average molecular weight is 533 g/mol. The molecule has 1 aromatic heterocycles. The lowest BCUT2D eigenvalue weighted by molar-refractivity contribution is 0.837. The molecule has 10 rings (SSSR count). The van der Waals surface area contributed by atoms with Crippen LogP contribution in [-0.4, -0.2) is 9.55 Å². The van der Waals surface area contributed by atoms with E-state index in [1.165, 1.54) is 70.2 Å². The molecule has 0 amide bonds. The lowest BCUT2D eigenvalue weighted by Gasteiger charge is -2.15. The first-order valence-corrected chi connectivity index (χ1v) is 14.6. The first-order valence-electron chi connectivity index (χ1n) is 14.6. The van der Waals surface area contributed by atoms with Crippen LogP contribution in [0, 0.1) is 0 Å². The van der Waals surface area contributed by atoms with E-state index in [9.17, 15) is 0 Å². The number of nitrogens with zero attached hydrogens (tertiary/aromatic N) is 2. The molecule has 0 unspecified atom stereocenters. The van der Waals surface area contributed by atoms with Gasteiger partial charge in [0.25, 0.3) is 0 Å². The fourth-order valence-corrected chi connectivity index (χ4v) is 7.43. The number of rotatable bonds is 3. The van der Waals surface area contributed by atoms with Crippen molar-refractivity contribution >= 4 is 75.7 Å². The van der Waals surface area contributed by atoms with E-state index in [0.717, 1.165) is 29.0 Å². The summed E-state index contributed by atoms with van der Waals surface area (Å²) in [5, 5.41) is 15.7. The zero-order chi connectivity index (χ0) is 27.4. The number of fused-ring (bicyclic) bond motifs is 1. The Bertz CT molecular complexity index is 2530. The highest BCUT2D eigenvalue weighted by molar-refractivity contribution is 6.24. The van der Waals surface area contributed by atoms with Crippen LogP contribution in [-0.2, 0) is 6.54 Å². The first kappa shape index (κ1) is 22.2. The molecule has 0 aliphatic heterocycles. The molecule has 42 heavy (non-hydrogen) atoms. The van der Waals surface area contributed by atoms with Gasteiger partial charge in [-0.05, 0) is 107 Å². The Morgan fingerprint density at radius 3 is 1.43 bits per heavy atom. The molecule has 2 heteroatoms. The molecular weight excluding hydrogens is 508 g/mol. The van der Waals surface area contributed by atoms with Gasteiger partial charge in [-0.1, -0.05) is 97.1 Å². The van der Waals surface area contributed by atoms with Crippen LogP contribution >= 0.6 is 0 Å². The van der Waals surface area contributed by atoms with Crippen LogP contribution in [0.4, 0.5) is 0 Å². The Balaban J connectivity index is 1.19. The second-order valence-corrected chi connectivity index (χ2v) is 11.6. The van der Waals surface area contributed by atoms with Gasteiger partial charge in [-0.15, -0.1) is 0 Å². The molecule has 2 nitrogen and oxygen atoms in total. The number of aromatic nitrogens is 2. The molecular formula is C40H24N2. The fraction of sp³-hybridized carbons (Fsp3) is 0.0250. The second-order valence-electron chi connectivity index (χ2n) is 11.6. The van der Waals surface area contributed by atoms with Gasteiger partial charge in [0.2, 0.25) is 0 Å². The minimum atomic E-state index is 0.747. The molecule has 1 heterocycles. The van der Waals surface area contributed by atoms with E-state index in [-0.39, 0.29) is 0 Å². The zero-order valence-corrected chi connectivity index (χ0v) is 22.8. The van der Waals surface area contributed by atoms with Crippen LogP contribution in [0.1, 0.15) is 5.56 Å². The predicted octanol–water partition coefficient (Wildman–Crippen LogP) is 10.5. The van der Waals surface area contributed by atoms with E-state index in [1.807, 2.05) is 0 Å². The minimum absolute atomic E-state index is 0.747. The third-order valence-corrected chi connectivity index (χ3v) is 9.24. The van der Waals surface area contributed by atoms with Crippen molar-refractivity contribution in [2.75, 3.05) is 0 Å². The molecule has 0 saturated carbocycles. The van der Waals surface area contributed by atoms with Crippen molar-refractivity contribution in [1.29, 1.82) is 0 Å². The summed E-state index contributed by atoms with van der Waals surface area (Å²) < 4.78 is 2.40. The van der Waals surface area contributed by atoms with Crippen LogP contribution in [0.2, 0.25) is 0 Å². The van der Waals surface area contributed by atoms with Gasteiger partial charge in [0.05, 0.1) is 11.0 Å². The molecule has 0 spiro atoms. The van der Waals surface area contributed by atoms with Crippen molar-refractivity contribution in [2.45, 2.75) is 6.54 Å². The summed E-state index contributed by atoms with van der Waals surface area (Å²) in [5.41, 5.74) is 4.61. The highest BCUT2D eigenvalue weighted by Crippen LogP contribution is 2.39. The zero-order valence-electron chi connectivity index (χ0n) is 22.8. The first-order chi connectivity index (χ1) is 20.8. The highest BCUT2D eigenvalue weighted by Gasteiger charge is 2.17. The van der Waals surface area contributed by atoms with E-state index in [4.69, 9.17) is 4.98 Å². The number of hydrogen-bond donors (Lipinski definition) is 0. The van der Waals surface area contributed by atoms with E-state index in [1.54, 1.807) is 0 Å². The Labute approximate surface area is 241 Å². The van der Waals surface area contributed by atoms with Crippen LogP contribution in [0.3, 0.4) is 0 Å². The van der Waals surface area contributed by atoms with Gasteiger partial charge in [0, 0.05) is 12.1 Å². The van der Waals surface area contributed by atoms with Crippen molar-refractivity contribution < 1.29 is 0 Å². The Kier molecular flexibility index (Phi) is 4.27. The molecule has 0 radical (unpaired) electrons. The molecule has 0 saturated heterocycles. The summed E-state index contributed by atoms with van der Waals surface area (Å²) in [6, 6.07) is 49.2. The maximum Gasteiger partial charge on any atom is 0.141 e. The Hall–Kier alpha value is -5.47. The summed E-state index contributed by atoms with van der Waals surface area (Å²) in [6.07, 6.45) is 0. The monoisotopic (exact) mass is 532 g/mol. The third-order valence-electron chi connectivity index (χ3n) is 9.24. The summed E-state index contributed by atoms with van der Waals surface area (Å²) in [4.78, 5) is 5.22. The van der Waals surface area contributed by atoms with Gasteiger partial charge < -0.3 is 4.57 Å². The molecule has 0 fully saturated rings. The van der Waals surface area contributed by atoms with E-state index in [2.05, 4.69) is 138 Å². The largest absolute Gasteiger partial charge is 0.319 e. The van der Waals surface area contributed by atoms with Crippen molar-refractivity contribution in [3.63, 3.8) is 0 Å². The number of imidazole rings is 1. The number of hydrogen-bond acceptors (Lipinski definition) is 1. The van der Waals surface area contributed by atoms with Gasteiger partial charge in [-0.25, -0.2) is 4.98 Å². The third kappa shape index (κ3) is 3.01. The molecule has 0 aliphatic carbocycles. The van der Waals surface area contributed by atoms with Crippen molar-refractivity contribution in [3.8, 4) is 11.4 Å². The van der Waals surface area contributed by atoms with E-state index in [0.29, 0.717) is 0 Å². The standard InChI is InChI=1S/C40H24N2/c1-2-10-35-34(9-1)41-40(33-21-31-17-13-27-7-4-8-28-14-18-32(22-33)39(31)37(27)28)42(35)23-24-19-29-15-11-25-5-3-6-26-12-16-30(20-24)38(29)36(25)26/h1-22H,23H2. The van der Waals surface area contributed by atoms with Crippen molar-refractivity contribution in [3.05, 3.63) is 139 Å². The lowest BCUT2D eigenvalue weighted by atomic mass is 9.92. The van der Waals surface area contributed by atoms with Crippen LogP contribution in [0.25, 0.3) is 87.1 Å². The molecule has 194 valence electrons. The molecule has 9 aromatic carbocycles. The normalized spacial score (nSPS) is 12.4. The van der Waals surface area contributed by atoms with Crippen molar-refractivity contribution in [2.24, 2.45) is 0 Å². The molecule has 0 aliphatic rings. The van der Waals surface area contributed by atoms with E-state index < -0.39 is 0 Å². The van der Waals surface area contributed by atoms with E-state index >= 15 is 0 Å². The lowest BCUT2D eigenvalue weighted by Crippen LogP contribution is -2.03. The Morgan fingerprint density at radius 1 is 0.429 bits per heavy atom.